The predicted molar refractivity (Wildman–Crippen MR) is 29.8 cm³/mol. The Labute approximate surface area is 46.8 Å². The summed E-state index contributed by atoms with van der Waals surface area (Å²) in [5.74, 6) is 0. The lowest BCUT2D eigenvalue weighted by molar-refractivity contribution is 0.266. The van der Waals surface area contributed by atoms with E-state index in [0.717, 1.165) is 18.5 Å². The Morgan fingerprint density at radius 3 is 2.71 bits per heavy atom. The van der Waals surface area contributed by atoms with Crippen molar-refractivity contribution < 1.29 is 4.79 Å². The summed E-state index contributed by atoms with van der Waals surface area (Å²) in [7, 11) is 0. The fourth-order valence-electron chi connectivity index (χ4n) is 0.138. The van der Waals surface area contributed by atoms with Gasteiger partial charge in [0.05, 0.1) is 0 Å². The van der Waals surface area contributed by atoms with Crippen molar-refractivity contribution in [2.75, 3.05) is 6.54 Å². The summed E-state index contributed by atoms with van der Waals surface area (Å²) in [6.07, 6.45) is 0. The van der Waals surface area contributed by atoms with Crippen molar-refractivity contribution in [3.63, 3.8) is 0 Å². The zero-order valence-electron chi connectivity index (χ0n) is 4.02. The number of carbonyl (C=O) groups excluding carboxylic acids is 1. The molecule has 0 aliphatic rings. The Morgan fingerprint density at radius 1 is 2.00 bits per heavy atom. The topological polar surface area (TPSA) is 52.9 Å². The van der Waals surface area contributed by atoms with E-state index in [4.69, 9.17) is 5.73 Å². The van der Waals surface area contributed by atoms with Crippen molar-refractivity contribution in [3.8, 4) is 0 Å². The van der Waals surface area contributed by atoms with Gasteiger partial charge in [0, 0.05) is 18.5 Å². The molecule has 2 N–H and O–H groups in total. The number of amides is 1. The second kappa shape index (κ2) is 3.95. The summed E-state index contributed by atoms with van der Waals surface area (Å²) < 4.78 is 2.63. The average Bonchev–Trinajstić information content (AvgIpc) is 1.61. The molecule has 4 heteroatoms. The van der Waals surface area contributed by atoms with Gasteiger partial charge in [0.15, 0.2) is 0 Å². The van der Waals surface area contributed by atoms with Gasteiger partial charge in [-0.1, -0.05) is 6.92 Å². The van der Waals surface area contributed by atoms with E-state index in [0.29, 0.717) is 0 Å². The Balaban J connectivity index is 2.82. The Morgan fingerprint density at radius 2 is 2.57 bits per heavy atom. The van der Waals surface area contributed by atoms with Gasteiger partial charge in [-0.15, -0.1) is 0 Å². The fraction of sp³-hybridized carbons (Fsp3) is 0.667. The summed E-state index contributed by atoms with van der Waals surface area (Å²) in [4.78, 5) is 9.77. The summed E-state index contributed by atoms with van der Waals surface area (Å²) >= 11 is 0.809. The number of carbonyl (C=O) groups is 1. The summed E-state index contributed by atoms with van der Waals surface area (Å²) in [5.41, 5.74) is 6.34. The van der Waals surface area contributed by atoms with Crippen LogP contribution in [0.25, 0.3) is 0 Å². The molecule has 0 unspecified atom stereocenters. The summed E-state index contributed by atoms with van der Waals surface area (Å²) in [5, 5.41) is -0.637. The van der Waals surface area contributed by atoms with Crippen LogP contribution in [-0.4, -0.2) is 11.8 Å². The zero-order chi connectivity index (χ0) is 5.70. The quantitative estimate of drug-likeness (QED) is 0.543. The van der Waals surface area contributed by atoms with Crippen molar-refractivity contribution in [3.05, 3.63) is 0 Å². The maximum absolute atomic E-state index is 9.77. The SMILES string of the molecule is CCNSC([NH])=O. The highest BCUT2D eigenvalue weighted by Gasteiger charge is 1.89. The third-order valence-corrected chi connectivity index (χ3v) is 0.928. The molecule has 0 spiro atoms. The van der Waals surface area contributed by atoms with Crippen LogP contribution in [0.4, 0.5) is 4.79 Å². The zero-order valence-corrected chi connectivity index (χ0v) is 4.84. The molecule has 0 bridgehead atoms. The molecule has 0 saturated carbocycles. The van der Waals surface area contributed by atoms with Crippen molar-refractivity contribution >= 4 is 17.2 Å². The molecule has 7 heavy (non-hydrogen) atoms. The first-order valence-corrected chi connectivity index (χ1v) is 2.74. The fourth-order valence-corrected chi connectivity index (χ4v) is 0.413. The van der Waals surface area contributed by atoms with Crippen LogP contribution < -0.4 is 10.5 Å². The van der Waals surface area contributed by atoms with Crippen LogP contribution in [0.5, 0.6) is 0 Å². The van der Waals surface area contributed by atoms with Gasteiger partial charge < -0.3 is 0 Å². The number of nitrogens with one attached hydrogen (secondary N) is 2. The summed E-state index contributed by atoms with van der Waals surface area (Å²) in [6.45, 7) is 2.59. The van der Waals surface area contributed by atoms with E-state index in [1.807, 2.05) is 6.92 Å². The van der Waals surface area contributed by atoms with E-state index < -0.39 is 5.24 Å². The molecular weight excluding hydrogens is 112 g/mol. The molecule has 0 aromatic heterocycles. The maximum atomic E-state index is 9.77. The van der Waals surface area contributed by atoms with E-state index in [1.165, 1.54) is 0 Å². The van der Waals surface area contributed by atoms with E-state index in [1.54, 1.807) is 0 Å². The van der Waals surface area contributed by atoms with Crippen molar-refractivity contribution in [2.24, 2.45) is 0 Å². The van der Waals surface area contributed by atoms with Crippen molar-refractivity contribution in [1.82, 2.24) is 10.5 Å². The minimum atomic E-state index is -0.637. The number of hydrogen-bond donors (Lipinski definition) is 1. The maximum Gasteiger partial charge on any atom is 0.312 e. The van der Waals surface area contributed by atoms with E-state index in [9.17, 15) is 4.79 Å². The van der Waals surface area contributed by atoms with Crippen LogP contribution in [0.1, 0.15) is 6.92 Å². The average molecular weight is 119 g/mol. The molecule has 0 aromatic rings. The Bertz CT molecular complexity index is 66.0. The lowest BCUT2D eigenvalue weighted by Crippen LogP contribution is -2.05. The lowest BCUT2D eigenvalue weighted by Gasteiger charge is -1.89. The Kier molecular flexibility index (Phi) is 3.83. The van der Waals surface area contributed by atoms with Crippen LogP contribution in [-0.2, 0) is 0 Å². The highest BCUT2D eigenvalue weighted by molar-refractivity contribution is 8.11. The minimum absolute atomic E-state index is 0.637. The van der Waals surface area contributed by atoms with Gasteiger partial charge in [0.1, 0.15) is 0 Å². The molecule has 0 aliphatic carbocycles. The third kappa shape index (κ3) is 5.78. The molecule has 1 radical (unpaired) electrons. The Hall–Kier alpha value is -0.220. The van der Waals surface area contributed by atoms with Crippen LogP contribution >= 0.6 is 11.9 Å². The standard InChI is InChI=1S/C3H7N2OS/c1-2-5-7-3(4)6/h4-5H,2H2,1H3. The minimum Gasteiger partial charge on any atom is -0.259 e. The van der Waals surface area contributed by atoms with Gasteiger partial charge in [-0.25, -0.2) is 0 Å². The monoisotopic (exact) mass is 119 g/mol. The molecule has 0 fully saturated rings. The first-order chi connectivity index (χ1) is 3.27. The van der Waals surface area contributed by atoms with E-state index in [2.05, 4.69) is 4.72 Å². The van der Waals surface area contributed by atoms with Crippen LogP contribution in [0, 0.1) is 0 Å². The molecular formula is C3H7N2OS. The van der Waals surface area contributed by atoms with Gasteiger partial charge in [-0.05, 0) is 0 Å². The van der Waals surface area contributed by atoms with Crippen molar-refractivity contribution in [1.29, 1.82) is 0 Å². The first-order valence-electron chi connectivity index (χ1n) is 1.92. The highest BCUT2D eigenvalue weighted by atomic mass is 32.2. The molecule has 3 nitrogen and oxygen atoms in total. The van der Waals surface area contributed by atoms with E-state index >= 15 is 0 Å². The number of rotatable bonds is 2. The van der Waals surface area contributed by atoms with Gasteiger partial charge in [-0.2, -0.15) is 0 Å². The predicted octanol–water partition coefficient (Wildman–Crippen LogP) is 0.647. The summed E-state index contributed by atoms with van der Waals surface area (Å²) in [6, 6.07) is 0. The third-order valence-electron chi connectivity index (χ3n) is 0.309. The van der Waals surface area contributed by atoms with Gasteiger partial charge in [0.25, 0.3) is 0 Å². The second-order valence-electron chi connectivity index (χ2n) is 0.887. The van der Waals surface area contributed by atoms with Crippen LogP contribution in [0.15, 0.2) is 0 Å². The van der Waals surface area contributed by atoms with Gasteiger partial charge in [0.2, 0.25) is 0 Å². The van der Waals surface area contributed by atoms with Crippen LogP contribution in [0.3, 0.4) is 0 Å². The van der Waals surface area contributed by atoms with Crippen molar-refractivity contribution in [2.45, 2.75) is 6.92 Å². The lowest BCUT2D eigenvalue weighted by atomic mass is 10.8. The largest absolute Gasteiger partial charge is 0.312 e. The molecule has 0 aliphatic heterocycles. The molecule has 1 amide bonds. The normalized spacial score (nSPS) is 8.71. The first kappa shape index (κ1) is 6.78. The molecule has 0 rings (SSSR count). The van der Waals surface area contributed by atoms with Crippen LogP contribution in [0.2, 0.25) is 0 Å². The highest BCUT2D eigenvalue weighted by Crippen LogP contribution is 1.89. The molecule has 0 saturated heterocycles. The second-order valence-corrected chi connectivity index (χ2v) is 1.75. The molecule has 41 valence electrons. The van der Waals surface area contributed by atoms with Gasteiger partial charge in [-0.3, -0.25) is 15.3 Å². The number of hydrogen-bond acceptors (Lipinski definition) is 3. The van der Waals surface area contributed by atoms with Gasteiger partial charge >= 0.3 is 5.24 Å². The molecule has 0 atom stereocenters. The smallest absolute Gasteiger partial charge is 0.259 e. The molecule has 0 aromatic carbocycles. The van der Waals surface area contributed by atoms with E-state index in [-0.39, 0.29) is 0 Å². The molecule has 0 heterocycles.